The molecule has 0 aliphatic rings. The van der Waals surface area contributed by atoms with Gasteiger partial charge in [-0.1, -0.05) is 135 Å². The van der Waals surface area contributed by atoms with Gasteiger partial charge in [-0.2, -0.15) is 0 Å². The summed E-state index contributed by atoms with van der Waals surface area (Å²) in [5.74, 6) is -1.32. The summed E-state index contributed by atoms with van der Waals surface area (Å²) >= 11 is 0. The molecule has 7 heteroatoms. The number of nitrogens with one attached hydrogen (secondary N) is 1. The second-order valence-corrected chi connectivity index (χ2v) is 13.0. The summed E-state index contributed by atoms with van der Waals surface area (Å²) in [5.41, 5.74) is 5.47. The largest absolute Gasteiger partial charge is 0.480 e. The number of allylic oxidation sites excluding steroid dienone is 1. The van der Waals surface area contributed by atoms with E-state index in [9.17, 15) is 19.5 Å². The first-order valence-corrected chi connectivity index (χ1v) is 19.0. The van der Waals surface area contributed by atoms with Gasteiger partial charge in [0.2, 0.25) is 5.91 Å². The molecule has 2 atom stereocenters. The van der Waals surface area contributed by atoms with Crippen LogP contribution in [0.1, 0.15) is 194 Å². The minimum Gasteiger partial charge on any atom is -0.480 e. The maximum absolute atomic E-state index is 12.6. The number of hydrogen-bond acceptors (Lipinski definition) is 5. The highest BCUT2D eigenvalue weighted by atomic mass is 16.5. The Morgan fingerprint density at radius 2 is 1.13 bits per heavy atom. The minimum absolute atomic E-state index is 0.0872. The van der Waals surface area contributed by atoms with Crippen LogP contribution in [0.2, 0.25) is 0 Å². The van der Waals surface area contributed by atoms with Gasteiger partial charge in [-0.15, -0.1) is 0 Å². The molecule has 1 amide bonds. The predicted octanol–water partition coefficient (Wildman–Crippen LogP) is 9.95. The number of carboxylic acid groups (broad SMARTS) is 1. The van der Waals surface area contributed by atoms with Gasteiger partial charge in [0.25, 0.3) is 0 Å². The van der Waals surface area contributed by atoms with Gasteiger partial charge in [-0.3, -0.25) is 9.59 Å². The third-order valence-electron chi connectivity index (χ3n) is 8.57. The van der Waals surface area contributed by atoms with Crippen LogP contribution in [0.25, 0.3) is 0 Å². The molecule has 0 aromatic rings. The molecule has 0 radical (unpaired) electrons. The zero-order valence-electron chi connectivity index (χ0n) is 29.5. The molecule has 0 heterocycles. The monoisotopic (exact) mass is 637 g/mol. The van der Waals surface area contributed by atoms with Crippen molar-refractivity contribution in [1.29, 1.82) is 0 Å². The number of hydrogen-bond donors (Lipinski definition) is 3. The average Bonchev–Trinajstić information content (AvgIpc) is 3.02. The minimum atomic E-state index is -1.01. The summed E-state index contributed by atoms with van der Waals surface area (Å²) in [7, 11) is 0. The van der Waals surface area contributed by atoms with Gasteiger partial charge in [0.05, 0.1) is 0 Å². The lowest BCUT2D eigenvalue weighted by Crippen LogP contribution is -2.40. The molecule has 0 rings (SSSR count). The Bertz CT molecular complexity index is 727. The van der Waals surface area contributed by atoms with Gasteiger partial charge in [-0.05, 0) is 64.0 Å². The number of nitrogens with two attached hydrogens (primary N) is 1. The third kappa shape index (κ3) is 30.5. The molecule has 264 valence electrons. The Kier molecular flexibility index (Phi) is 32.1. The zero-order chi connectivity index (χ0) is 33.2. The standard InChI is InChI=1S/C38H72N2O5/c1-3-5-7-9-11-13-14-16-18-20-26-32-37(42)45-34(28-23-19-17-15-12-10-8-6-4-2)29-24-21-22-25-31-36(41)40-35(38(43)44)30-27-33-39/h23,28,34-35H,3-22,24-27,29-33,39H2,1-2H3,(H,40,41)(H,43,44)/b28-23-. The Balaban J connectivity index is 4.36. The Hall–Kier alpha value is -1.89. The highest BCUT2D eigenvalue weighted by Crippen LogP contribution is 2.16. The number of carbonyl (C=O) groups excluding carboxylic acids is 2. The van der Waals surface area contributed by atoms with E-state index in [1.807, 2.05) is 0 Å². The van der Waals surface area contributed by atoms with Crippen molar-refractivity contribution < 1.29 is 24.2 Å². The van der Waals surface area contributed by atoms with Gasteiger partial charge in [0.15, 0.2) is 0 Å². The molecule has 0 fully saturated rings. The first-order valence-electron chi connectivity index (χ1n) is 19.0. The van der Waals surface area contributed by atoms with Gasteiger partial charge < -0.3 is 20.9 Å². The molecule has 0 aromatic carbocycles. The van der Waals surface area contributed by atoms with Crippen LogP contribution in [-0.4, -0.2) is 41.6 Å². The number of carboxylic acids is 1. The van der Waals surface area contributed by atoms with Gasteiger partial charge in [-0.25, -0.2) is 4.79 Å². The van der Waals surface area contributed by atoms with Crippen LogP contribution >= 0.6 is 0 Å². The fourth-order valence-corrected chi connectivity index (χ4v) is 5.65. The van der Waals surface area contributed by atoms with Crippen molar-refractivity contribution >= 4 is 17.8 Å². The quantitative estimate of drug-likeness (QED) is 0.0367. The number of aliphatic carboxylic acids is 1. The molecule has 0 saturated carbocycles. The van der Waals surface area contributed by atoms with Crippen LogP contribution in [0.5, 0.6) is 0 Å². The number of esters is 1. The van der Waals surface area contributed by atoms with Crippen molar-refractivity contribution in [1.82, 2.24) is 5.32 Å². The van der Waals surface area contributed by atoms with Crippen molar-refractivity contribution in [3.63, 3.8) is 0 Å². The van der Waals surface area contributed by atoms with Gasteiger partial charge in [0.1, 0.15) is 12.1 Å². The summed E-state index contributed by atoms with van der Waals surface area (Å²) in [6.07, 6.45) is 34.0. The molecule has 0 bridgehead atoms. The maximum Gasteiger partial charge on any atom is 0.326 e. The molecule has 7 nitrogen and oxygen atoms in total. The van der Waals surface area contributed by atoms with Crippen molar-refractivity contribution in [2.75, 3.05) is 6.54 Å². The second-order valence-electron chi connectivity index (χ2n) is 13.0. The highest BCUT2D eigenvalue weighted by Gasteiger charge is 2.19. The SMILES string of the molecule is CCCCCCCCC/C=C\C(CCCCCCC(=O)NC(CCCN)C(=O)O)OC(=O)CCCCCCCCCCCCC. The number of amides is 1. The smallest absolute Gasteiger partial charge is 0.326 e. The van der Waals surface area contributed by atoms with E-state index in [4.69, 9.17) is 10.5 Å². The van der Waals surface area contributed by atoms with Crippen molar-refractivity contribution in [3.05, 3.63) is 12.2 Å². The predicted molar refractivity (Wildman–Crippen MR) is 188 cm³/mol. The van der Waals surface area contributed by atoms with Crippen LogP contribution in [-0.2, 0) is 19.1 Å². The van der Waals surface area contributed by atoms with E-state index in [1.54, 1.807) is 0 Å². The first kappa shape index (κ1) is 43.1. The summed E-state index contributed by atoms with van der Waals surface area (Å²) in [4.78, 5) is 36.2. The fourth-order valence-electron chi connectivity index (χ4n) is 5.65. The normalized spacial score (nSPS) is 12.8. The van der Waals surface area contributed by atoms with Crippen LogP contribution in [0.3, 0.4) is 0 Å². The number of carbonyl (C=O) groups is 3. The van der Waals surface area contributed by atoms with E-state index in [0.29, 0.717) is 38.6 Å². The topological polar surface area (TPSA) is 119 Å². The van der Waals surface area contributed by atoms with Crippen LogP contribution in [0.15, 0.2) is 12.2 Å². The first-order chi connectivity index (χ1) is 21.9. The summed E-state index contributed by atoms with van der Waals surface area (Å²) < 4.78 is 5.90. The summed E-state index contributed by atoms with van der Waals surface area (Å²) in [6, 6.07) is -0.866. The number of ether oxygens (including phenoxy) is 1. The van der Waals surface area contributed by atoms with E-state index in [2.05, 4.69) is 31.3 Å². The van der Waals surface area contributed by atoms with E-state index < -0.39 is 12.0 Å². The average molecular weight is 637 g/mol. The molecule has 0 aliphatic carbocycles. The Morgan fingerprint density at radius 1 is 0.644 bits per heavy atom. The summed E-state index contributed by atoms with van der Waals surface area (Å²) in [5, 5.41) is 11.9. The lowest BCUT2D eigenvalue weighted by atomic mass is 10.0. The number of rotatable bonds is 34. The lowest BCUT2D eigenvalue weighted by molar-refractivity contribution is -0.147. The lowest BCUT2D eigenvalue weighted by Gasteiger charge is -2.15. The molecule has 45 heavy (non-hydrogen) atoms. The number of unbranched alkanes of at least 4 members (excludes halogenated alkanes) is 20. The molecule has 0 aromatic heterocycles. The van der Waals surface area contributed by atoms with E-state index >= 15 is 0 Å². The Morgan fingerprint density at radius 3 is 1.67 bits per heavy atom. The van der Waals surface area contributed by atoms with Crippen LogP contribution in [0.4, 0.5) is 0 Å². The zero-order valence-corrected chi connectivity index (χ0v) is 29.5. The summed E-state index contributed by atoms with van der Waals surface area (Å²) in [6.45, 7) is 4.91. The maximum atomic E-state index is 12.6. The fraction of sp³-hybridized carbons (Fsp3) is 0.868. The van der Waals surface area contributed by atoms with Crippen molar-refractivity contribution in [3.8, 4) is 0 Å². The van der Waals surface area contributed by atoms with E-state index in [0.717, 1.165) is 44.9 Å². The Labute approximate surface area is 277 Å². The molecule has 0 saturated heterocycles. The molecule has 4 N–H and O–H groups in total. The van der Waals surface area contributed by atoms with E-state index in [1.165, 1.54) is 103 Å². The van der Waals surface area contributed by atoms with Crippen LogP contribution < -0.4 is 11.1 Å². The molecular formula is C38H72N2O5. The van der Waals surface area contributed by atoms with Crippen molar-refractivity contribution in [2.24, 2.45) is 5.73 Å². The second kappa shape index (κ2) is 33.5. The molecule has 0 aliphatic heterocycles. The van der Waals surface area contributed by atoms with Crippen LogP contribution in [0, 0.1) is 0 Å². The third-order valence-corrected chi connectivity index (χ3v) is 8.57. The highest BCUT2D eigenvalue weighted by molar-refractivity contribution is 5.83. The molecule has 2 unspecified atom stereocenters. The molecule has 0 spiro atoms. The van der Waals surface area contributed by atoms with Gasteiger partial charge >= 0.3 is 11.9 Å². The van der Waals surface area contributed by atoms with Gasteiger partial charge in [0, 0.05) is 12.8 Å². The van der Waals surface area contributed by atoms with E-state index in [-0.39, 0.29) is 18.0 Å². The molecular weight excluding hydrogens is 564 g/mol. The van der Waals surface area contributed by atoms with Crippen molar-refractivity contribution in [2.45, 2.75) is 206 Å².